The van der Waals surface area contributed by atoms with Crippen molar-refractivity contribution in [1.29, 1.82) is 0 Å². The number of nitrogens with one attached hydrogen (secondary N) is 2. The van der Waals surface area contributed by atoms with Gasteiger partial charge in [0.15, 0.2) is 0 Å². The molecule has 2 aromatic carbocycles. The molecule has 7 rings (SSSR count). The Kier molecular flexibility index (Phi) is 4.27. The number of anilines is 3. The Morgan fingerprint density at radius 2 is 1.97 bits per heavy atom. The lowest BCUT2D eigenvalue weighted by molar-refractivity contribution is -0.121. The van der Waals surface area contributed by atoms with Crippen LogP contribution in [0.15, 0.2) is 53.7 Å². The fraction of sp³-hybridized carbons (Fsp3) is 0.231. The summed E-state index contributed by atoms with van der Waals surface area (Å²) in [6.07, 6.45) is 4.12. The Balaban J connectivity index is 1.16. The van der Waals surface area contributed by atoms with E-state index < -0.39 is 11.1 Å². The van der Waals surface area contributed by atoms with Crippen molar-refractivity contribution in [3.63, 3.8) is 0 Å². The van der Waals surface area contributed by atoms with Gasteiger partial charge >= 0.3 is 5.69 Å². The third-order valence-corrected chi connectivity index (χ3v) is 7.72. The molecular formula is C26H21N7O4. The highest BCUT2D eigenvalue weighted by Gasteiger charge is 2.51. The SMILES string of the molecule is CN1C(=O)Cn2c(=O)n(CC(=O)Nc3ccc4c(c3)CC3(C4)C(=O)Nc4ncncc43)c3cccc1c32. The summed E-state index contributed by atoms with van der Waals surface area (Å²) < 4.78 is 2.81. The van der Waals surface area contributed by atoms with Crippen LogP contribution in [-0.4, -0.2) is 43.9 Å². The number of para-hydroxylation sites is 1. The first-order chi connectivity index (χ1) is 17.9. The van der Waals surface area contributed by atoms with E-state index in [1.54, 1.807) is 37.5 Å². The largest absolute Gasteiger partial charge is 0.330 e. The molecule has 0 radical (unpaired) electrons. The number of benzene rings is 2. The predicted octanol–water partition coefficient (Wildman–Crippen LogP) is 1.20. The number of fused-ring (bicyclic) bond motifs is 3. The summed E-state index contributed by atoms with van der Waals surface area (Å²) in [5, 5.41) is 5.75. The summed E-state index contributed by atoms with van der Waals surface area (Å²) in [7, 11) is 1.67. The van der Waals surface area contributed by atoms with E-state index in [4.69, 9.17) is 0 Å². The van der Waals surface area contributed by atoms with E-state index in [0.717, 1.165) is 16.7 Å². The van der Waals surface area contributed by atoms with E-state index >= 15 is 0 Å². The van der Waals surface area contributed by atoms with Gasteiger partial charge in [0, 0.05) is 24.5 Å². The second-order valence-electron chi connectivity index (χ2n) is 9.76. The smallest absolute Gasteiger partial charge is 0.325 e. The minimum atomic E-state index is -0.745. The van der Waals surface area contributed by atoms with Crippen LogP contribution in [0.2, 0.25) is 0 Å². The average molecular weight is 495 g/mol. The van der Waals surface area contributed by atoms with Gasteiger partial charge in [0.25, 0.3) is 0 Å². The van der Waals surface area contributed by atoms with Crippen molar-refractivity contribution in [2.24, 2.45) is 0 Å². The molecule has 2 aromatic heterocycles. The molecule has 1 unspecified atom stereocenters. The Labute approximate surface area is 209 Å². The van der Waals surface area contributed by atoms with Crippen LogP contribution in [0.4, 0.5) is 17.2 Å². The van der Waals surface area contributed by atoms with Crippen LogP contribution in [0.1, 0.15) is 16.7 Å². The lowest BCUT2D eigenvalue weighted by Gasteiger charge is -2.23. The third kappa shape index (κ3) is 2.94. The second kappa shape index (κ2) is 7.36. The number of amides is 3. The van der Waals surface area contributed by atoms with Gasteiger partial charge in [0.2, 0.25) is 17.7 Å². The molecule has 0 saturated carbocycles. The standard InChI is InChI=1S/C26H21N7O4/c1-31-18-3-2-4-19-22(18)33(12-21(31)35)25(37)32(19)11-20(34)29-16-6-5-14-8-26(9-15(14)7-16)17-10-27-13-28-23(17)30-24(26)36/h2-7,10,13H,8-9,11-12H2,1H3,(H,29,34)(H,27,28,30,36). The third-order valence-electron chi connectivity index (χ3n) is 7.72. The molecule has 2 aliphatic heterocycles. The Morgan fingerprint density at radius 1 is 1.14 bits per heavy atom. The van der Waals surface area contributed by atoms with Crippen LogP contribution in [0, 0.1) is 0 Å². The van der Waals surface area contributed by atoms with Gasteiger partial charge in [0.05, 0.1) is 22.1 Å². The first kappa shape index (κ1) is 21.5. The summed E-state index contributed by atoms with van der Waals surface area (Å²) in [5.74, 6) is -0.104. The summed E-state index contributed by atoms with van der Waals surface area (Å²) in [5.41, 5.74) is 4.11. The normalized spacial score (nSPS) is 19.3. The number of hydrogen-bond acceptors (Lipinski definition) is 6. The Bertz CT molecular complexity index is 1750. The molecule has 184 valence electrons. The fourth-order valence-corrected chi connectivity index (χ4v) is 5.88. The molecule has 2 N–H and O–H groups in total. The highest BCUT2D eigenvalue weighted by Crippen LogP contribution is 2.46. The molecule has 4 heterocycles. The Hall–Kier alpha value is -4.80. The number of nitrogens with zero attached hydrogens (tertiary/aromatic N) is 5. The molecule has 0 bridgehead atoms. The van der Waals surface area contributed by atoms with E-state index in [9.17, 15) is 19.2 Å². The summed E-state index contributed by atoms with van der Waals surface area (Å²) in [6, 6.07) is 10.9. The molecule has 1 aliphatic carbocycles. The maximum Gasteiger partial charge on any atom is 0.330 e. The zero-order chi connectivity index (χ0) is 25.5. The van der Waals surface area contributed by atoms with Crippen molar-refractivity contribution < 1.29 is 14.4 Å². The zero-order valence-electron chi connectivity index (χ0n) is 19.8. The maximum absolute atomic E-state index is 13.1. The van der Waals surface area contributed by atoms with Crippen LogP contribution >= 0.6 is 0 Å². The number of rotatable bonds is 3. The molecule has 11 heteroatoms. The minimum Gasteiger partial charge on any atom is -0.325 e. The van der Waals surface area contributed by atoms with Crippen LogP contribution in [0.3, 0.4) is 0 Å². The van der Waals surface area contributed by atoms with Crippen LogP contribution in [0.25, 0.3) is 11.0 Å². The van der Waals surface area contributed by atoms with Gasteiger partial charge in [-0.25, -0.2) is 14.8 Å². The number of aromatic nitrogens is 4. The summed E-state index contributed by atoms with van der Waals surface area (Å²) in [6.45, 7) is -0.260. The number of carbonyl (C=O) groups is 3. The summed E-state index contributed by atoms with van der Waals surface area (Å²) >= 11 is 0. The minimum absolute atomic E-state index is 0.0637. The van der Waals surface area contributed by atoms with Crippen molar-refractivity contribution in [3.05, 3.63) is 76.1 Å². The maximum atomic E-state index is 13.1. The molecule has 37 heavy (non-hydrogen) atoms. The van der Waals surface area contributed by atoms with E-state index in [2.05, 4.69) is 20.6 Å². The highest BCUT2D eigenvalue weighted by molar-refractivity contribution is 6.06. The van der Waals surface area contributed by atoms with Crippen LogP contribution < -0.4 is 21.2 Å². The van der Waals surface area contributed by atoms with Gasteiger partial charge in [-0.1, -0.05) is 12.1 Å². The molecule has 1 atom stereocenters. The zero-order valence-corrected chi connectivity index (χ0v) is 19.8. The molecule has 1 spiro atoms. The lowest BCUT2D eigenvalue weighted by atomic mass is 9.80. The van der Waals surface area contributed by atoms with Gasteiger partial charge in [-0.15, -0.1) is 0 Å². The molecule has 3 aliphatic rings. The van der Waals surface area contributed by atoms with Gasteiger partial charge in [-0.3, -0.25) is 23.5 Å². The number of carbonyl (C=O) groups excluding carboxylic acids is 3. The highest BCUT2D eigenvalue weighted by atomic mass is 16.2. The van der Waals surface area contributed by atoms with E-state index in [0.29, 0.717) is 41.1 Å². The van der Waals surface area contributed by atoms with Gasteiger partial charge in [-0.2, -0.15) is 0 Å². The van der Waals surface area contributed by atoms with E-state index in [1.807, 2.05) is 12.1 Å². The first-order valence-corrected chi connectivity index (χ1v) is 11.9. The van der Waals surface area contributed by atoms with Gasteiger partial charge < -0.3 is 15.5 Å². The number of imidazole rings is 1. The van der Waals surface area contributed by atoms with Crippen LogP contribution in [-0.2, 0) is 45.7 Å². The summed E-state index contributed by atoms with van der Waals surface area (Å²) in [4.78, 5) is 61.2. The first-order valence-electron chi connectivity index (χ1n) is 11.9. The van der Waals surface area contributed by atoms with Gasteiger partial charge in [-0.05, 0) is 48.2 Å². The van der Waals surface area contributed by atoms with E-state index in [1.165, 1.54) is 20.4 Å². The van der Waals surface area contributed by atoms with Crippen molar-refractivity contribution in [2.45, 2.75) is 31.3 Å². The average Bonchev–Trinajstić information content (AvgIpc) is 3.49. The quantitative estimate of drug-likeness (QED) is 0.439. The van der Waals surface area contributed by atoms with Crippen molar-refractivity contribution >= 4 is 45.9 Å². The molecule has 11 nitrogen and oxygen atoms in total. The van der Waals surface area contributed by atoms with Gasteiger partial charge in [0.1, 0.15) is 25.2 Å². The molecule has 0 fully saturated rings. The van der Waals surface area contributed by atoms with E-state index in [-0.39, 0.29) is 30.8 Å². The monoisotopic (exact) mass is 495 g/mol. The molecule has 4 aromatic rings. The fourth-order valence-electron chi connectivity index (χ4n) is 5.88. The van der Waals surface area contributed by atoms with Crippen molar-refractivity contribution in [2.75, 3.05) is 22.6 Å². The van der Waals surface area contributed by atoms with Crippen LogP contribution in [0.5, 0.6) is 0 Å². The van der Waals surface area contributed by atoms with Crippen molar-refractivity contribution in [3.8, 4) is 0 Å². The van der Waals surface area contributed by atoms with Crippen molar-refractivity contribution in [1.82, 2.24) is 19.1 Å². The second-order valence-corrected chi connectivity index (χ2v) is 9.76. The topological polar surface area (TPSA) is 131 Å². The number of hydrogen-bond donors (Lipinski definition) is 2. The number of likely N-dealkylation sites (N-methyl/N-ethyl adjacent to an activating group) is 1. The molecular weight excluding hydrogens is 474 g/mol. The predicted molar refractivity (Wildman–Crippen MR) is 134 cm³/mol. The molecule has 3 amide bonds. The Morgan fingerprint density at radius 3 is 2.84 bits per heavy atom. The lowest BCUT2D eigenvalue weighted by Crippen LogP contribution is -2.38. The molecule has 0 saturated heterocycles.